The van der Waals surface area contributed by atoms with Crippen molar-refractivity contribution in [1.82, 2.24) is 15.4 Å². The normalized spacial score (nSPS) is 22.8. The number of amides is 2. The largest absolute Gasteiger partial charge is 0.394 e. The lowest BCUT2D eigenvalue weighted by molar-refractivity contribution is -0.0886. The number of ether oxygens (including phenoxy) is 1. The van der Waals surface area contributed by atoms with Crippen LogP contribution in [-0.2, 0) is 14.8 Å². The third-order valence-electron chi connectivity index (χ3n) is 4.62. The Morgan fingerprint density at radius 1 is 1.25 bits per heavy atom. The summed E-state index contributed by atoms with van der Waals surface area (Å²) in [5, 5.41) is 15.2. The van der Waals surface area contributed by atoms with Crippen LogP contribution in [0.4, 0.5) is 4.79 Å². The van der Waals surface area contributed by atoms with E-state index in [9.17, 15) is 18.3 Å². The molecule has 2 rings (SSSR count). The van der Waals surface area contributed by atoms with Gasteiger partial charge in [-0.2, -0.15) is 0 Å². The second-order valence-electron chi connectivity index (χ2n) is 7.43. The number of hydrogen-bond acceptors (Lipinski definition) is 5. The third-order valence-corrected chi connectivity index (χ3v) is 6.10. The topological polar surface area (TPSA) is 117 Å². The van der Waals surface area contributed by atoms with E-state index in [4.69, 9.17) is 4.74 Å². The maximum absolute atomic E-state index is 12.3. The first-order valence-corrected chi connectivity index (χ1v) is 11.1. The van der Waals surface area contributed by atoms with Gasteiger partial charge in [0.15, 0.2) is 0 Å². The van der Waals surface area contributed by atoms with E-state index in [1.165, 1.54) is 0 Å². The first kappa shape index (κ1) is 22.6. The van der Waals surface area contributed by atoms with Gasteiger partial charge in [-0.25, -0.2) is 17.9 Å². The highest BCUT2D eigenvalue weighted by Gasteiger charge is 2.32. The zero-order valence-corrected chi connectivity index (χ0v) is 17.5. The van der Waals surface area contributed by atoms with Crippen molar-refractivity contribution in [3.63, 3.8) is 0 Å². The van der Waals surface area contributed by atoms with Crippen LogP contribution in [-0.4, -0.2) is 57.0 Å². The Morgan fingerprint density at radius 3 is 2.54 bits per heavy atom. The molecule has 0 bridgehead atoms. The number of sulfonamides is 1. The highest BCUT2D eigenvalue weighted by molar-refractivity contribution is 7.89. The highest BCUT2D eigenvalue weighted by atomic mass is 32.2. The Balaban J connectivity index is 1.81. The maximum atomic E-state index is 12.3. The maximum Gasteiger partial charge on any atom is 0.315 e. The number of aryl methyl sites for hydroxylation is 1. The molecule has 0 radical (unpaired) electrons. The van der Waals surface area contributed by atoms with E-state index >= 15 is 0 Å². The molecule has 9 heteroatoms. The van der Waals surface area contributed by atoms with E-state index in [1.54, 1.807) is 24.3 Å². The lowest BCUT2D eigenvalue weighted by Crippen LogP contribution is -2.54. The van der Waals surface area contributed by atoms with Gasteiger partial charge in [0.25, 0.3) is 0 Å². The summed E-state index contributed by atoms with van der Waals surface area (Å²) in [6.45, 7) is 5.67. The predicted octanol–water partition coefficient (Wildman–Crippen LogP) is 1.28. The van der Waals surface area contributed by atoms with E-state index in [0.29, 0.717) is 19.3 Å². The molecular weight excluding hydrogens is 382 g/mol. The average Bonchev–Trinajstić information content (AvgIpc) is 2.62. The Bertz CT molecular complexity index is 736. The van der Waals surface area contributed by atoms with Gasteiger partial charge in [-0.05, 0) is 52.2 Å². The molecule has 28 heavy (non-hydrogen) atoms. The van der Waals surface area contributed by atoms with Crippen molar-refractivity contribution in [1.29, 1.82) is 0 Å². The van der Waals surface area contributed by atoms with Gasteiger partial charge >= 0.3 is 6.03 Å². The number of benzene rings is 1. The molecule has 1 saturated heterocycles. The molecule has 0 saturated carbocycles. The molecule has 2 amide bonds. The minimum Gasteiger partial charge on any atom is -0.394 e. The minimum atomic E-state index is -3.56. The predicted molar refractivity (Wildman–Crippen MR) is 107 cm³/mol. The zero-order chi connectivity index (χ0) is 20.7. The number of hydrogen-bond donors (Lipinski definition) is 4. The van der Waals surface area contributed by atoms with Crippen LogP contribution in [0.5, 0.6) is 0 Å². The number of rotatable bonds is 8. The van der Waals surface area contributed by atoms with Crippen molar-refractivity contribution >= 4 is 16.1 Å². The monoisotopic (exact) mass is 413 g/mol. The lowest BCUT2D eigenvalue weighted by atomic mass is 9.97. The number of nitrogens with one attached hydrogen (secondary N) is 3. The second kappa shape index (κ2) is 10.2. The van der Waals surface area contributed by atoms with Gasteiger partial charge in [0.2, 0.25) is 10.0 Å². The molecule has 3 atom stereocenters. The summed E-state index contributed by atoms with van der Waals surface area (Å²) in [7, 11) is -3.56. The molecule has 1 heterocycles. The molecule has 1 aliphatic heterocycles. The van der Waals surface area contributed by atoms with Crippen molar-refractivity contribution in [2.24, 2.45) is 0 Å². The van der Waals surface area contributed by atoms with Crippen LogP contribution in [0.25, 0.3) is 0 Å². The van der Waals surface area contributed by atoms with Crippen molar-refractivity contribution in [3.8, 4) is 0 Å². The van der Waals surface area contributed by atoms with Gasteiger partial charge in [-0.1, -0.05) is 17.7 Å². The lowest BCUT2D eigenvalue weighted by Gasteiger charge is -2.36. The van der Waals surface area contributed by atoms with E-state index in [1.807, 2.05) is 20.8 Å². The van der Waals surface area contributed by atoms with Gasteiger partial charge < -0.3 is 20.5 Å². The Hall–Kier alpha value is -1.68. The summed E-state index contributed by atoms with van der Waals surface area (Å²) >= 11 is 0. The Labute approximate surface area is 167 Å². The van der Waals surface area contributed by atoms with E-state index in [-0.39, 0.29) is 42.3 Å². The molecule has 1 aromatic carbocycles. The number of carbonyl (C=O) groups excluding carboxylic acids is 1. The number of aliphatic hydroxyl groups is 1. The van der Waals surface area contributed by atoms with Crippen LogP contribution in [0.1, 0.15) is 38.7 Å². The first-order chi connectivity index (χ1) is 13.2. The number of carbonyl (C=O) groups is 1. The first-order valence-electron chi connectivity index (χ1n) is 9.61. The minimum absolute atomic E-state index is 0.0198. The average molecular weight is 414 g/mol. The second-order valence-corrected chi connectivity index (χ2v) is 9.20. The van der Waals surface area contributed by atoms with Crippen LogP contribution in [0, 0.1) is 6.92 Å². The molecule has 1 fully saturated rings. The van der Waals surface area contributed by atoms with Crippen LogP contribution in [0.2, 0.25) is 0 Å². The molecule has 1 aromatic rings. The quantitative estimate of drug-likeness (QED) is 0.512. The third kappa shape index (κ3) is 6.73. The van der Waals surface area contributed by atoms with Crippen molar-refractivity contribution < 1.29 is 23.1 Å². The highest BCUT2D eigenvalue weighted by Crippen LogP contribution is 2.22. The van der Waals surface area contributed by atoms with Crippen molar-refractivity contribution in [3.05, 3.63) is 29.8 Å². The molecule has 0 aliphatic carbocycles. The summed E-state index contributed by atoms with van der Waals surface area (Å²) in [6.07, 6.45) is 1.14. The fourth-order valence-corrected chi connectivity index (χ4v) is 4.18. The molecule has 0 unspecified atom stereocenters. The van der Waals surface area contributed by atoms with Gasteiger partial charge in [0.05, 0.1) is 23.6 Å². The van der Waals surface area contributed by atoms with Gasteiger partial charge in [-0.3, -0.25) is 0 Å². The van der Waals surface area contributed by atoms with Crippen LogP contribution < -0.4 is 15.4 Å². The number of urea groups is 1. The van der Waals surface area contributed by atoms with Crippen molar-refractivity contribution in [2.45, 2.75) is 69.2 Å². The van der Waals surface area contributed by atoms with Gasteiger partial charge in [-0.15, -0.1) is 0 Å². The summed E-state index contributed by atoms with van der Waals surface area (Å²) < 4.78 is 33.1. The van der Waals surface area contributed by atoms with Gasteiger partial charge in [0.1, 0.15) is 6.10 Å². The molecule has 4 N–H and O–H groups in total. The smallest absolute Gasteiger partial charge is 0.315 e. The van der Waals surface area contributed by atoms with Crippen LogP contribution in [0.15, 0.2) is 29.2 Å². The standard InChI is InChI=1S/C19H31N3O5S/c1-13(2)21-19(24)22-17-9-6-15(27-18(17)12-23)10-11-20-28(25,26)16-7-4-14(3)5-8-16/h4-5,7-8,13,15,17-18,20,23H,6,9-12H2,1-3H3,(H2,21,22,24)/t15-,17-,18+/m0/s1. The fraction of sp³-hybridized carbons (Fsp3) is 0.632. The van der Waals surface area contributed by atoms with Crippen LogP contribution >= 0.6 is 0 Å². The Kier molecular flexibility index (Phi) is 8.23. The molecular formula is C19H31N3O5S. The van der Waals surface area contributed by atoms with E-state index < -0.39 is 16.1 Å². The molecule has 0 aromatic heterocycles. The number of aliphatic hydroxyl groups excluding tert-OH is 1. The SMILES string of the molecule is Cc1ccc(S(=O)(=O)NCC[C@@H]2CC[C@H](NC(=O)NC(C)C)[C@@H](CO)O2)cc1. The zero-order valence-electron chi connectivity index (χ0n) is 16.6. The molecule has 0 spiro atoms. The fourth-order valence-electron chi connectivity index (χ4n) is 3.14. The van der Waals surface area contributed by atoms with Gasteiger partial charge in [0, 0.05) is 12.6 Å². The molecule has 8 nitrogen and oxygen atoms in total. The van der Waals surface area contributed by atoms with E-state index in [2.05, 4.69) is 15.4 Å². The van der Waals surface area contributed by atoms with E-state index in [0.717, 1.165) is 5.56 Å². The summed E-state index contributed by atoms with van der Waals surface area (Å²) in [6, 6.07) is 6.13. The molecule has 158 valence electrons. The summed E-state index contributed by atoms with van der Waals surface area (Å²) in [5.74, 6) is 0. The Morgan fingerprint density at radius 2 is 1.93 bits per heavy atom. The summed E-state index contributed by atoms with van der Waals surface area (Å²) in [5.41, 5.74) is 0.995. The van der Waals surface area contributed by atoms with Crippen molar-refractivity contribution in [2.75, 3.05) is 13.2 Å². The molecule has 1 aliphatic rings. The summed E-state index contributed by atoms with van der Waals surface area (Å²) in [4.78, 5) is 12.1. The van der Waals surface area contributed by atoms with Crippen LogP contribution in [0.3, 0.4) is 0 Å².